The van der Waals surface area contributed by atoms with Gasteiger partial charge in [0.15, 0.2) is 0 Å². The van der Waals surface area contributed by atoms with Gasteiger partial charge < -0.3 is 10.1 Å². The van der Waals surface area contributed by atoms with E-state index in [0.717, 1.165) is 31.9 Å². The lowest BCUT2D eigenvalue weighted by atomic mass is 10.0. The van der Waals surface area contributed by atoms with Gasteiger partial charge in [0.1, 0.15) is 5.75 Å². The fourth-order valence-corrected chi connectivity index (χ4v) is 1.84. The Morgan fingerprint density at radius 3 is 3.20 bits per heavy atom. The summed E-state index contributed by atoms with van der Waals surface area (Å²) < 4.78 is 5.59. The van der Waals surface area contributed by atoms with Gasteiger partial charge in [0.25, 0.3) is 0 Å². The predicted octanol–water partition coefficient (Wildman–Crippen LogP) is 1.78. The molecule has 1 aliphatic heterocycles. The number of hydrogen-bond acceptors (Lipinski definition) is 2. The molecule has 1 aromatic carbocycles. The third kappa shape index (κ3) is 2.31. The summed E-state index contributed by atoms with van der Waals surface area (Å²) in [6.45, 7) is 2.61. The molecule has 1 N–H and O–H groups in total. The first kappa shape index (κ1) is 10.1. The van der Waals surface area contributed by atoms with Crippen molar-refractivity contribution < 1.29 is 4.74 Å². The van der Waals surface area contributed by atoms with Gasteiger partial charge in [0.05, 0.1) is 6.61 Å². The van der Waals surface area contributed by atoms with E-state index in [1.54, 1.807) is 0 Å². The van der Waals surface area contributed by atoms with Gasteiger partial charge in [0, 0.05) is 31.0 Å². The highest BCUT2D eigenvalue weighted by molar-refractivity contribution is 5.39. The van der Waals surface area contributed by atoms with E-state index >= 15 is 0 Å². The van der Waals surface area contributed by atoms with Crippen molar-refractivity contribution in [2.75, 3.05) is 19.7 Å². The van der Waals surface area contributed by atoms with Crippen LogP contribution in [-0.4, -0.2) is 19.7 Å². The molecule has 2 nitrogen and oxygen atoms in total. The van der Waals surface area contributed by atoms with Crippen LogP contribution in [0.2, 0.25) is 0 Å². The molecule has 1 unspecified atom stereocenters. The van der Waals surface area contributed by atoms with Crippen LogP contribution in [0.1, 0.15) is 17.9 Å². The van der Waals surface area contributed by atoms with Crippen LogP contribution in [0.5, 0.6) is 5.75 Å². The lowest BCUT2D eigenvalue weighted by Gasteiger charge is -2.08. The zero-order valence-corrected chi connectivity index (χ0v) is 8.70. The van der Waals surface area contributed by atoms with Crippen molar-refractivity contribution in [2.45, 2.75) is 12.3 Å². The molecule has 2 heteroatoms. The maximum Gasteiger partial charge on any atom is 0.122 e. The highest BCUT2D eigenvalue weighted by Gasteiger charge is 2.22. The van der Waals surface area contributed by atoms with Crippen LogP contribution in [0.4, 0.5) is 0 Å². The van der Waals surface area contributed by atoms with Gasteiger partial charge in [-0.05, 0) is 6.07 Å². The predicted molar refractivity (Wildman–Crippen MR) is 61.0 cm³/mol. The molecule has 0 fully saturated rings. The van der Waals surface area contributed by atoms with Crippen molar-refractivity contribution in [3.8, 4) is 18.1 Å². The monoisotopic (exact) mass is 201 g/mol. The molecule has 0 amide bonds. The van der Waals surface area contributed by atoms with Crippen LogP contribution in [0.3, 0.4) is 0 Å². The van der Waals surface area contributed by atoms with Gasteiger partial charge in [-0.3, -0.25) is 0 Å². The topological polar surface area (TPSA) is 21.3 Å². The number of terminal acetylenes is 1. The van der Waals surface area contributed by atoms with Crippen LogP contribution in [-0.2, 0) is 0 Å². The number of nitrogens with one attached hydrogen (secondary N) is 1. The van der Waals surface area contributed by atoms with Crippen LogP contribution in [0.15, 0.2) is 24.3 Å². The maximum absolute atomic E-state index is 5.59. The minimum Gasteiger partial charge on any atom is -0.493 e. The summed E-state index contributed by atoms with van der Waals surface area (Å²) in [5, 5.41) is 3.35. The number of ether oxygens (including phenoxy) is 1. The van der Waals surface area contributed by atoms with E-state index in [4.69, 9.17) is 11.2 Å². The second-order valence-corrected chi connectivity index (χ2v) is 3.70. The molecule has 0 spiro atoms. The summed E-state index contributed by atoms with van der Waals surface area (Å²) in [4.78, 5) is 0. The van der Waals surface area contributed by atoms with Crippen molar-refractivity contribution in [3.05, 3.63) is 29.8 Å². The molecule has 0 bridgehead atoms. The van der Waals surface area contributed by atoms with E-state index < -0.39 is 0 Å². The number of benzene rings is 1. The Morgan fingerprint density at radius 2 is 2.33 bits per heavy atom. The molecule has 2 rings (SSSR count). The number of para-hydroxylation sites is 1. The van der Waals surface area contributed by atoms with E-state index in [2.05, 4.69) is 23.4 Å². The summed E-state index contributed by atoms with van der Waals surface area (Å²) in [7, 11) is 0. The molecule has 1 atom stereocenters. The molecule has 0 saturated carbocycles. The third-order valence-corrected chi connectivity index (χ3v) is 2.64. The van der Waals surface area contributed by atoms with Crippen LogP contribution in [0, 0.1) is 12.3 Å². The molecule has 0 aliphatic carbocycles. The quantitative estimate of drug-likeness (QED) is 0.592. The summed E-state index contributed by atoms with van der Waals surface area (Å²) in [5.41, 5.74) is 1.31. The zero-order valence-electron chi connectivity index (χ0n) is 8.70. The van der Waals surface area contributed by atoms with Gasteiger partial charge in [-0.2, -0.15) is 0 Å². The Kier molecular flexibility index (Phi) is 3.26. The van der Waals surface area contributed by atoms with Crippen LogP contribution < -0.4 is 10.1 Å². The maximum atomic E-state index is 5.59. The van der Waals surface area contributed by atoms with Crippen LogP contribution in [0.25, 0.3) is 0 Å². The normalized spacial score (nSPS) is 17.9. The molecule has 0 saturated heterocycles. The summed E-state index contributed by atoms with van der Waals surface area (Å²) in [6, 6.07) is 8.22. The first-order valence-electron chi connectivity index (χ1n) is 5.27. The minimum absolute atomic E-state index is 0.471. The van der Waals surface area contributed by atoms with E-state index in [9.17, 15) is 0 Å². The Morgan fingerprint density at radius 1 is 1.47 bits per heavy atom. The van der Waals surface area contributed by atoms with Crippen molar-refractivity contribution in [1.82, 2.24) is 5.32 Å². The Balaban J connectivity index is 1.88. The second-order valence-electron chi connectivity index (χ2n) is 3.70. The van der Waals surface area contributed by atoms with Crippen molar-refractivity contribution >= 4 is 0 Å². The van der Waals surface area contributed by atoms with E-state index in [0.29, 0.717) is 5.92 Å². The molecule has 78 valence electrons. The fourth-order valence-electron chi connectivity index (χ4n) is 1.84. The smallest absolute Gasteiger partial charge is 0.122 e. The first-order valence-corrected chi connectivity index (χ1v) is 5.27. The number of hydrogen-bond donors (Lipinski definition) is 1. The van der Waals surface area contributed by atoms with E-state index in [-0.39, 0.29) is 0 Å². The summed E-state index contributed by atoms with van der Waals surface area (Å²) in [5.74, 6) is 4.12. The number of rotatable bonds is 4. The molecular weight excluding hydrogens is 186 g/mol. The minimum atomic E-state index is 0.471. The molecule has 1 aliphatic rings. The highest BCUT2D eigenvalue weighted by atomic mass is 16.5. The summed E-state index contributed by atoms with van der Waals surface area (Å²) >= 11 is 0. The molecular formula is C13H15NO. The summed E-state index contributed by atoms with van der Waals surface area (Å²) in [6.07, 6.45) is 5.97. The Labute approximate surface area is 90.6 Å². The van der Waals surface area contributed by atoms with E-state index in [1.807, 2.05) is 12.1 Å². The fraction of sp³-hybridized carbons (Fsp3) is 0.385. The van der Waals surface area contributed by atoms with E-state index in [1.165, 1.54) is 5.56 Å². The van der Waals surface area contributed by atoms with Gasteiger partial charge in [-0.15, -0.1) is 12.3 Å². The van der Waals surface area contributed by atoms with Gasteiger partial charge >= 0.3 is 0 Å². The average molecular weight is 201 g/mol. The molecule has 0 aromatic heterocycles. The largest absolute Gasteiger partial charge is 0.493 e. The van der Waals surface area contributed by atoms with Crippen molar-refractivity contribution in [3.63, 3.8) is 0 Å². The first-order chi connectivity index (χ1) is 7.42. The molecule has 1 aromatic rings. The van der Waals surface area contributed by atoms with Gasteiger partial charge in [-0.25, -0.2) is 0 Å². The zero-order chi connectivity index (χ0) is 10.5. The van der Waals surface area contributed by atoms with Crippen molar-refractivity contribution in [1.29, 1.82) is 0 Å². The molecule has 0 radical (unpaired) electrons. The van der Waals surface area contributed by atoms with Crippen molar-refractivity contribution in [2.24, 2.45) is 0 Å². The van der Waals surface area contributed by atoms with Gasteiger partial charge in [0.2, 0.25) is 0 Å². The van der Waals surface area contributed by atoms with Gasteiger partial charge in [-0.1, -0.05) is 18.2 Å². The third-order valence-electron chi connectivity index (χ3n) is 2.64. The molecule has 1 heterocycles. The lowest BCUT2D eigenvalue weighted by molar-refractivity contribution is 0.327. The standard InChI is InChI=1S/C13H15NO/c1-2-3-8-14-9-11-10-15-13-7-5-4-6-12(11)13/h1,4-7,11,14H,3,8-10H2. The second kappa shape index (κ2) is 4.86. The average Bonchev–Trinajstić information content (AvgIpc) is 2.68. The van der Waals surface area contributed by atoms with Crippen LogP contribution >= 0.6 is 0 Å². The SMILES string of the molecule is C#CCCNCC1COc2ccccc21. The number of fused-ring (bicyclic) bond motifs is 1. The molecule has 15 heavy (non-hydrogen) atoms. The Bertz CT molecular complexity index is 367. The lowest BCUT2D eigenvalue weighted by Crippen LogP contribution is -2.23. The Hall–Kier alpha value is -1.46. The highest BCUT2D eigenvalue weighted by Crippen LogP contribution is 2.32.